The molecule has 156 valence electrons. The number of aryl methyl sites for hydroxylation is 1. The van der Waals surface area contributed by atoms with Crippen LogP contribution in [-0.2, 0) is 19.4 Å². The normalized spacial score (nSPS) is 19.7. The Morgan fingerprint density at radius 1 is 1.21 bits per heavy atom. The van der Waals surface area contributed by atoms with Crippen LogP contribution in [0.2, 0.25) is 0 Å². The first kappa shape index (κ1) is 19.8. The lowest BCUT2D eigenvalue weighted by Crippen LogP contribution is -2.48. The van der Waals surface area contributed by atoms with Gasteiger partial charge in [0.1, 0.15) is 17.3 Å². The number of ether oxygens (including phenoxy) is 2. The molecule has 29 heavy (non-hydrogen) atoms. The van der Waals surface area contributed by atoms with Gasteiger partial charge in [-0.1, -0.05) is 12.1 Å². The molecular weight excluding hydrogens is 370 g/mol. The smallest absolute Gasteiger partial charge is 0.276 e. The molecule has 1 aliphatic heterocycles. The van der Waals surface area contributed by atoms with Gasteiger partial charge in [0, 0.05) is 50.3 Å². The first-order valence-corrected chi connectivity index (χ1v) is 10.3. The Kier molecular flexibility index (Phi) is 5.76. The molecule has 0 bridgehead atoms. The Labute approximate surface area is 171 Å². The Morgan fingerprint density at radius 2 is 2.00 bits per heavy atom. The Balaban J connectivity index is 1.39. The number of nitrogens with zero attached hydrogens (tertiary/aromatic N) is 3. The van der Waals surface area contributed by atoms with Crippen molar-refractivity contribution in [3.05, 3.63) is 40.8 Å². The van der Waals surface area contributed by atoms with E-state index in [0.29, 0.717) is 24.7 Å². The number of hydrogen-bond acceptors (Lipinski definition) is 6. The molecule has 1 aromatic carbocycles. The van der Waals surface area contributed by atoms with Gasteiger partial charge in [0.2, 0.25) is 0 Å². The summed E-state index contributed by atoms with van der Waals surface area (Å²) < 4.78 is 16.3. The SMILES string of the molecule is COc1ccc(OC)c(CN2CCN(C(=O)c3noc4c3CC(C)CC4)CC2)c1. The minimum absolute atomic E-state index is 0.00251. The van der Waals surface area contributed by atoms with Gasteiger partial charge in [-0.25, -0.2) is 0 Å². The number of amides is 1. The average molecular weight is 399 g/mol. The third-order valence-electron chi connectivity index (χ3n) is 6.03. The summed E-state index contributed by atoms with van der Waals surface area (Å²) in [5.74, 6) is 3.15. The summed E-state index contributed by atoms with van der Waals surface area (Å²) in [5, 5.41) is 4.13. The Morgan fingerprint density at radius 3 is 2.72 bits per heavy atom. The zero-order valence-electron chi connectivity index (χ0n) is 17.4. The highest BCUT2D eigenvalue weighted by Gasteiger charge is 2.31. The molecule has 7 nitrogen and oxygen atoms in total. The monoisotopic (exact) mass is 399 g/mol. The maximum Gasteiger partial charge on any atom is 0.276 e. The topological polar surface area (TPSA) is 68.0 Å². The lowest BCUT2D eigenvalue weighted by atomic mass is 9.88. The van der Waals surface area contributed by atoms with Crippen molar-refractivity contribution in [1.82, 2.24) is 15.0 Å². The number of fused-ring (bicyclic) bond motifs is 1. The van der Waals surface area contributed by atoms with E-state index in [4.69, 9.17) is 14.0 Å². The summed E-state index contributed by atoms with van der Waals surface area (Å²) in [4.78, 5) is 17.3. The number of carbonyl (C=O) groups excluding carboxylic acids is 1. The van der Waals surface area contributed by atoms with E-state index in [0.717, 1.165) is 67.3 Å². The molecule has 0 radical (unpaired) electrons. The summed E-state index contributed by atoms with van der Waals surface area (Å²) in [6.45, 7) is 5.96. The van der Waals surface area contributed by atoms with Crippen LogP contribution in [0.15, 0.2) is 22.7 Å². The maximum atomic E-state index is 13.0. The molecule has 0 N–H and O–H groups in total. The van der Waals surface area contributed by atoms with Crippen LogP contribution in [-0.4, -0.2) is 61.3 Å². The molecule has 1 aromatic heterocycles. The minimum atomic E-state index is 0.00251. The Bertz CT molecular complexity index is 871. The molecular formula is C22H29N3O4. The third-order valence-corrected chi connectivity index (χ3v) is 6.03. The number of rotatable bonds is 5. The van der Waals surface area contributed by atoms with Crippen LogP contribution in [0.25, 0.3) is 0 Å². The minimum Gasteiger partial charge on any atom is -0.497 e. The fraction of sp³-hybridized carbons (Fsp3) is 0.545. The van der Waals surface area contributed by atoms with E-state index < -0.39 is 0 Å². The largest absolute Gasteiger partial charge is 0.497 e. The van der Waals surface area contributed by atoms with Crippen molar-refractivity contribution in [1.29, 1.82) is 0 Å². The predicted octanol–water partition coefficient (Wildman–Crippen LogP) is 2.77. The van der Waals surface area contributed by atoms with Crippen molar-refractivity contribution in [2.24, 2.45) is 5.92 Å². The number of aromatic nitrogens is 1. The summed E-state index contributed by atoms with van der Waals surface area (Å²) >= 11 is 0. The van der Waals surface area contributed by atoms with Crippen molar-refractivity contribution in [3.8, 4) is 11.5 Å². The van der Waals surface area contributed by atoms with Crippen molar-refractivity contribution in [3.63, 3.8) is 0 Å². The first-order valence-electron chi connectivity index (χ1n) is 10.3. The summed E-state index contributed by atoms with van der Waals surface area (Å²) in [5.41, 5.74) is 2.64. The highest BCUT2D eigenvalue weighted by molar-refractivity contribution is 5.94. The molecule has 2 aromatic rings. The van der Waals surface area contributed by atoms with Crippen LogP contribution < -0.4 is 9.47 Å². The molecule has 2 heterocycles. The van der Waals surface area contributed by atoms with Crippen LogP contribution >= 0.6 is 0 Å². The van der Waals surface area contributed by atoms with E-state index in [1.807, 2.05) is 23.1 Å². The summed E-state index contributed by atoms with van der Waals surface area (Å²) in [6.07, 6.45) is 2.87. The zero-order chi connectivity index (χ0) is 20.4. The number of carbonyl (C=O) groups is 1. The second-order valence-corrected chi connectivity index (χ2v) is 8.03. The molecule has 2 aliphatic rings. The van der Waals surface area contributed by atoms with Crippen molar-refractivity contribution >= 4 is 5.91 Å². The second kappa shape index (κ2) is 8.45. The van der Waals surface area contributed by atoms with E-state index in [-0.39, 0.29) is 5.91 Å². The number of methoxy groups -OCH3 is 2. The average Bonchev–Trinajstić information content (AvgIpc) is 3.16. The highest BCUT2D eigenvalue weighted by atomic mass is 16.5. The van der Waals surface area contributed by atoms with Gasteiger partial charge in [0.05, 0.1) is 14.2 Å². The van der Waals surface area contributed by atoms with Crippen LogP contribution in [0, 0.1) is 5.92 Å². The lowest BCUT2D eigenvalue weighted by Gasteiger charge is -2.34. The first-order chi connectivity index (χ1) is 14.1. The molecule has 1 atom stereocenters. The number of piperazine rings is 1. The van der Waals surface area contributed by atoms with Gasteiger partial charge in [-0.15, -0.1) is 0 Å². The van der Waals surface area contributed by atoms with Crippen molar-refractivity contribution in [2.75, 3.05) is 40.4 Å². The molecule has 1 amide bonds. The lowest BCUT2D eigenvalue weighted by molar-refractivity contribution is 0.0616. The molecule has 1 fully saturated rings. The molecule has 7 heteroatoms. The van der Waals surface area contributed by atoms with E-state index in [2.05, 4.69) is 17.0 Å². The van der Waals surface area contributed by atoms with Crippen molar-refractivity contribution < 1.29 is 18.8 Å². The van der Waals surface area contributed by atoms with Gasteiger partial charge in [0.15, 0.2) is 5.69 Å². The van der Waals surface area contributed by atoms with Crippen LogP contribution in [0.5, 0.6) is 11.5 Å². The van der Waals surface area contributed by atoms with E-state index in [1.165, 1.54) is 0 Å². The number of benzene rings is 1. The molecule has 4 rings (SSSR count). The fourth-order valence-corrected chi connectivity index (χ4v) is 4.25. The van der Waals surface area contributed by atoms with E-state index in [9.17, 15) is 4.79 Å². The van der Waals surface area contributed by atoms with Crippen LogP contribution in [0.1, 0.15) is 40.7 Å². The summed E-state index contributed by atoms with van der Waals surface area (Å²) in [7, 11) is 3.35. The van der Waals surface area contributed by atoms with Crippen LogP contribution in [0.4, 0.5) is 0 Å². The van der Waals surface area contributed by atoms with Gasteiger partial charge < -0.3 is 18.9 Å². The quantitative estimate of drug-likeness (QED) is 0.770. The fourth-order valence-electron chi connectivity index (χ4n) is 4.25. The van der Waals surface area contributed by atoms with Gasteiger partial charge in [0.25, 0.3) is 5.91 Å². The zero-order valence-corrected chi connectivity index (χ0v) is 17.4. The van der Waals surface area contributed by atoms with E-state index >= 15 is 0 Å². The Hall–Kier alpha value is -2.54. The third kappa shape index (κ3) is 4.10. The second-order valence-electron chi connectivity index (χ2n) is 8.03. The van der Waals surface area contributed by atoms with Crippen molar-refractivity contribution in [2.45, 2.75) is 32.7 Å². The van der Waals surface area contributed by atoms with Gasteiger partial charge >= 0.3 is 0 Å². The molecule has 1 saturated heterocycles. The maximum absolute atomic E-state index is 13.0. The van der Waals surface area contributed by atoms with Crippen LogP contribution in [0.3, 0.4) is 0 Å². The highest BCUT2D eigenvalue weighted by Crippen LogP contribution is 2.29. The molecule has 1 aliphatic carbocycles. The van der Waals surface area contributed by atoms with Gasteiger partial charge in [-0.05, 0) is 37.0 Å². The van der Waals surface area contributed by atoms with Gasteiger partial charge in [-0.2, -0.15) is 0 Å². The summed E-state index contributed by atoms with van der Waals surface area (Å²) in [6, 6.07) is 5.85. The standard InChI is InChI=1S/C22H29N3O4/c1-15-4-6-20-18(12-15)21(23-29-20)22(26)25-10-8-24(9-11-25)14-16-13-17(27-2)5-7-19(16)28-3/h5,7,13,15H,4,6,8-12,14H2,1-3H3. The van der Waals surface area contributed by atoms with E-state index in [1.54, 1.807) is 14.2 Å². The number of hydrogen-bond donors (Lipinski definition) is 0. The molecule has 0 saturated carbocycles. The predicted molar refractivity (Wildman–Crippen MR) is 108 cm³/mol. The molecule has 1 unspecified atom stereocenters. The van der Waals surface area contributed by atoms with Gasteiger partial charge in [-0.3, -0.25) is 9.69 Å². The molecule has 0 spiro atoms.